The maximum absolute atomic E-state index is 11.8. The lowest BCUT2D eigenvalue weighted by Gasteiger charge is -2.24. The number of carbonyl (C=O) groups excluding carboxylic acids is 1. The molecule has 1 aliphatic heterocycles. The Morgan fingerprint density at radius 2 is 2.10 bits per heavy atom. The summed E-state index contributed by atoms with van der Waals surface area (Å²) >= 11 is 0. The van der Waals surface area contributed by atoms with Gasteiger partial charge in [-0.1, -0.05) is 13.3 Å². The molecule has 0 aromatic carbocycles. The number of carbonyl (C=O) groups is 2. The number of aliphatic carboxylic acids is 1. The van der Waals surface area contributed by atoms with Gasteiger partial charge in [0.15, 0.2) is 0 Å². The molecule has 3 N–H and O–H groups in total. The van der Waals surface area contributed by atoms with Crippen LogP contribution >= 0.6 is 0 Å². The van der Waals surface area contributed by atoms with Crippen molar-refractivity contribution >= 4 is 12.0 Å². The average Bonchev–Trinajstić information content (AvgIpc) is 2.39. The zero-order chi connectivity index (χ0) is 15.0. The van der Waals surface area contributed by atoms with E-state index in [1.807, 2.05) is 6.92 Å². The molecule has 0 radical (unpaired) electrons. The molecule has 20 heavy (non-hydrogen) atoms. The van der Waals surface area contributed by atoms with Gasteiger partial charge in [-0.05, 0) is 32.6 Å². The summed E-state index contributed by atoms with van der Waals surface area (Å²) in [6, 6.07) is -0.0252. The van der Waals surface area contributed by atoms with Gasteiger partial charge in [0.1, 0.15) is 0 Å². The average molecular weight is 286 g/mol. The first-order valence-corrected chi connectivity index (χ1v) is 7.36. The third-order valence-electron chi connectivity index (χ3n) is 3.57. The molecule has 116 valence electrons. The van der Waals surface area contributed by atoms with Gasteiger partial charge in [-0.2, -0.15) is 0 Å². The van der Waals surface area contributed by atoms with Crippen LogP contribution in [0.25, 0.3) is 0 Å². The van der Waals surface area contributed by atoms with Crippen LogP contribution < -0.4 is 10.6 Å². The molecule has 1 fully saturated rings. The molecule has 3 unspecified atom stereocenters. The number of carboxylic acid groups (broad SMARTS) is 1. The first-order chi connectivity index (χ1) is 9.49. The Kier molecular flexibility index (Phi) is 7.36. The van der Waals surface area contributed by atoms with E-state index in [9.17, 15) is 9.59 Å². The lowest BCUT2D eigenvalue weighted by atomic mass is 10.0. The van der Waals surface area contributed by atoms with Crippen LogP contribution in [0, 0.1) is 5.92 Å². The Morgan fingerprint density at radius 1 is 1.35 bits per heavy atom. The Labute approximate surface area is 120 Å². The van der Waals surface area contributed by atoms with Gasteiger partial charge in [0.05, 0.1) is 18.6 Å². The molecule has 0 bridgehead atoms. The summed E-state index contributed by atoms with van der Waals surface area (Å²) < 4.78 is 5.30. The van der Waals surface area contributed by atoms with Gasteiger partial charge < -0.3 is 20.5 Å². The van der Waals surface area contributed by atoms with Crippen LogP contribution in [0.1, 0.15) is 46.0 Å². The number of rotatable bonds is 7. The molecule has 0 spiro atoms. The van der Waals surface area contributed by atoms with Gasteiger partial charge in [-0.25, -0.2) is 4.79 Å². The Hall–Kier alpha value is -1.30. The highest BCUT2D eigenvalue weighted by Crippen LogP contribution is 2.10. The van der Waals surface area contributed by atoms with E-state index in [1.165, 1.54) is 0 Å². The molecule has 0 aromatic heterocycles. The summed E-state index contributed by atoms with van der Waals surface area (Å²) in [6.07, 6.45) is 4.15. The molecule has 1 rings (SSSR count). The number of hydrogen-bond donors (Lipinski definition) is 3. The summed E-state index contributed by atoms with van der Waals surface area (Å²) in [5.74, 6) is -1.09. The number of hydrogen-bond acceptors (Lipinski definition) is 3. The topological polar surface area (TPSA) is 87.7 Å². The standard InChI is InChI=1S/C14H26N2O4/c1-10(13(17)18)5-3-6-11(2)15-14(19)16-12-7-4-8-20-9-12/h10-12H,3-9H2,1-2H3,(H,17,18)(H2,15,16,19). The van der Waals surface area contributed by atoms with Gasteiger partial charge in [-0.15, -0.1) is 0 Å². The van der Waals surface area contributed by atoms with Crippen molar-refractivity contribution in [1.29, 1.82) is 0 Å². The smallest absolute Gasteiger partial charge is 0.315 e. The fraction of sp³-hybridized carbons (Fsp3) is 0.857. The van der Waals surface area contributed by atoms with Gasteiger partial charge in [0, 0.05) is 12.6 Å². The number of carboxylic acids is 1. The van der Waals surface area contributed by atoms with Gasteiger partial charge in [0.2, 0.25) is 0 Å². The zero-order valence-electron chi connectivity index (χ0n) is 12.4. The summed E-state index contributed by atoms with van der Waals surface area (Å²) in [5, 5.41) is 14.6. The van der Waals surface area contributed by atoms with E-state index in [1.54, 1.807) is 6.92 Å². The van der Waals surface area contributed by atoms with Gasteiger partial charge in [-0.3, -0.25) is 4.79 Å². The molecule has 0 saturated carbocycles. The van der Waals surface area contributed by atoms with Crippen molar-refractivity contribution < 1.29 is 19.4 Å². The van der Waals surface area contributed by atoms with E-state index in [0.717, 1.165) is 32.3 Å². The van der Waals surface area contributed by atoms with Gasteiger partial charge in [0.25, 0.3) is 0 Å². The van der Waals surface area contributed by atoms with Crippen LogP contribution in [0.5, 0.6) is 0 Å². The highest BCUT2D eigenvalue weighted by Gasteiger charge is 2.17. The summed E-state index contributed by atoms with van der Waals surface area (Å²) in [5.41, 5.74) is 0. The van der Waals surface area contributed by atoms with Gasteiger partial charge >= 0.3 is 12.0 Å². The Morgan fingerprint density at radius 3 is 2.70 bits per heavy atom. The van der Waals surface area contributed by atoms with Crippen molar-refractivity contribution in [3.05, 3.63) is 0 Å². The van der Waals surface area contributed by atoms with Crippen molar-refractivity contribution in [3.63, 3.8) is 0 Å². The third-order valence-corrected chi connectivity index (χ3v) is 3.57. The maximum atomic E-state index is 11.8. The second kappa shape index (κ2) is 8.79. The highest BCUT2D eigenvalue weighted by atomic mass is 16.5. The fourth-order valence-electron chi connectivity index (χ4n) is 2.23. The molecule has 2 amide bonds. The van der Waals surface area contributed by atoms with Crippen molar-refractivity contribution in [2.45, 2.75) is 58.0 Å². The molecule has 0 aromatic rings. The molecule has 6 heteroatoms. The SMILES string of the molecule is CC(CCCC(C)C(=O)O)NC(=O)NC1CCCOC1. The molecule has 1 heterocycles. The highest BCUT2D eigenvalue weighted by molar-refractivity contribution is 5.74. The van der Waals surface area contributed by atoms with E-state index in [2.05, 4.69) is 10.6 Å². The summed E-state index contributed by atoms with van der Waals surface area (Å²) in [7, 11) is 0. The summed E-state index contributed by atoms with van der Waals surface area (Å²) in [6.45, 7) is 4.99. The molecule has 3 atom stereocenters. The minimum Gasteiger partial charge on any atom is -0.481 e. The first-order valence-electron chi connectivity index (χ1n) is 7.36. The lowest BCUT2D eigenvalue weighted by Crippen LogP contribution is -2.48. The van der Waals surface area contributed by atoms with Crippen LogP contribution in [0.4, 0.5) is 4.79 Å². The minimum absolute atomic E-state index is 0.0421. The predicted molar refractivity (Wildman–Crippen MR) is 75.6 cm³/mol. The molecular formula is C14H26N2O4. The quantitative estimate of drug-likeness (QED) is 0.665. The molecular weight excluding hydrogens is 260 g/mol. The Bertz CT molecular complexity index is 316. The minimum atomic E-state index is -0.763. The fourth-order valence-corrected chi connectivity index (χ4v) is 2.23. The molecule has 1 aliphatic rings. The van der Waals surface area contributed by atoms with Crippen molar-refractivity contribution in [3.8, 4) is 0 Å². The van der Waals surface area contributed by atoms with Crippen molar-refractivity contribution in [2.75, 3.05) is 13.2 Å². The number of ether oxygens (including phenoxy) is 1. The number of amides is 2. The van der Waals surface area contributed by atoms with E-state index in [4.69, 9.17) is 9.84 Å². The van der Waals surface area contributed by atoms with Crippen LogP contribution in [0.15, 0.2) is 0 Å². The van der Waals surface area contributed by atoms with Crippen molar-refractivity contribution in [2.24, 2.45) is 5.92 Å². The second-order valence-electron chi connectivity index (χ2n) is 5.60. The predicted octanol–water partition coefficient (Wildman–Crippen LogP) is 1.74. The van der Waals surface area contributed by atoms with Crippen LogP contribution in [-0.2, 0) is 9.53 Å². The van der Waals surface area contributed by atoms with Crippen LogP contribution in [0.2, 0.25) is 0 Å². The lowest BCUT2D eigenvalue weighted by molar-refractivity contribution is -0.141. The normalized spacial score (nSPS) is 21.8. The number of urea groups is 1. The summed E-state index contributed by atoms with van der Waals surface area (Å²) in [4.78, 5) is 22.4. The van der Waals surface area contributed by atoms with E-state index in [0.29, 0.717) is 13.0 Å². The Balaban J connectivity index is 2.12. The molecule has 6 nitrogen and oxygen atoms in total. The van der Waals surface area contributed by atoms with E-state index in [-0.39, 0.29) is 24.0 Å². The van der Waals surface area contributed by atoms with Crippen LogP contribution in [0.3, 0.4) is 0 Å². The zero-order valence-corrected chi connectivity index (χ0v) is 12.4. The van der Waals surface area contributed by atoms with Crippen LogP contribution in [-0.4, -0.2) is 42.4 Å². The van der Waals surface area contributed by atoms with Crippen molar-refractivity contribution in [1.82, 2.24) is 10.6 Å². The molecule has 1 saturated heterocycles. The maximum Gasteiger partial charge on any atom is 0.315 e. The molecule has 0 aliphatic carbocycles. The largest absolute Gasteiger partial charge is 0.481 e. The number of nitrogens with one attached hydrogen (secondary N) is 2. The first kappa shape index (κ1) is 16.8. The van der Waals surface area contributed by atoms with E-state index >= 15 is 0 Å². The third kappa shape index (κ3) is 6.75. The monoisotopic (exact) mass is 286 g/mol. The van der Waals surface area contributed by atoms with E-state index < -0.39 is 5.97 Å². The second-order valence-corrected chi connectivity index (χ2v) is 5.60.